The molecule has 0 radical (unpaired) electrons. The highest BCUT2D eigenvalue weighted by atomic mass is 32.2. The Kier molecular flexibility index (Phi) is 4.24. The van der Waals surface area contributed by atoms with E-state index < -0.39 is 5.60 Å². The van der Waals surface area contributed by atoms with Gasteiger partial charge in [0.2, 0.25) is 0 Å². The predicted octanol–water partition coefficient (Wildman–Crippen LogP) is 0.483. The van der Waals surface area contributed by atoms with Gasteiger partial charge in [0, 0.05) is 37.8 Å². The molecule has 3 rings (SSSR count). The Balaban J connectivity index is 1.75. The van der Waals surface area contributed by atoms with Crippen LogP contribution < -0.4 is 0 Å². The summed E-state index contributed by atoms with van der Waals surface area (Å²) in [7, 11) is 0. The average Bonchev–Trinajstić information content (AvgIpc) is 3.18. The molecule has 1 aromatic heterocycles. The van der Waals surface area contributed by atoms with Crippen molar-refractivity contribution >= 4 is 17.7 Å². The summed E-state index contributed by atoms with van der Waals surface area (Å²) in [5.74, 6) is 2.16. The van der Waals surface area contributed by atoms with Crippen LogP contribution in [0.15, 0.2) is 12.4 Å². The number of amides is 1. The van der Waals surface area contributed by atoms with Gasteiger partial charge in [-0.2, -0.15) is 11.8 Å². The molecule has 2 saturated heterocycles. The zero-order valence-corrected chi connectivity index (χ0v) is 13.1. The van der Waals surface area contributed by atoms with Gasteiger partial charge in [0.1, 0.15) is 5.82 Å². The smallest absolute Gasteiger partial charge is 0.255 e. The first-order valence-corrected chi connectivity index (χ1v) is 8.62. The number of nitrogens with zero attached hydrogens (tertiary/aromatic N) is 3. The number of hydrogen-bond donors (Lipinski definition) is 2. The van der Waals surface area contributed by atoms with E-state index in [9.17, 15) is 9.90 Å². The summed E-state index contributed by atoms with van der Waals surface area (Å²) in [6, 6.07) is 0.0837. The molecule has 21 heavy (non-hydrogen) atoms. The van der Waals surface area contributed by atoms with Gasteiger partial charge in [0.25, 0.3) is 5.91 Å². The van der Waals surface area contributed by atoms with E-state index in [1.54, 1.807) is 18.0 Å². The first kappa shape index (κ1) is 14.9. The summed E-state index contributed by atoms with van der Waals surface area (Å²) < 4.78 is 0. The predicted molar refractivity (Wildman–Crippen MR) is 82.0 cm³/mol. The number of hydrogen-bond acceptors (Lipinski definition) is 5. The molecule has 2 atom stereocenters. The Labute approximate surface area is 128 Å². The number of thioether (sulfide) groups is 1. The van der Waals surface area contributed by atoms with Crippen LogP contribution in [0.5, 0.6) is 0 Å². The Morgan fingerprint density at radius 3 is 3.10 bits per heavy atom. The largest absolute Gasteiger partial charge is 0.379 e. The molecular weight excluding hydrogens is 288 g/mol. The lowest BCUT2D eigenvalue weighted by molar-refractivity contribution is -0.152. The van der Waals surface area contributed by atoms with Crippen molar-refractivity contribution in [3.05, 3.63) is 18.2 Å². The highest BCUT2D eigenvalue weighted by Crippen LogP contribution is 2.31. The van der Waals surface area contributed by atoms with Gasteiger partial charge in [0.05, 0.1) is 6.04 Å². The van der Waals surface area contributed by atoms with E-state index in [2.05, 4.69) is 21.8 Å². The maximum absolute atomic E-state index is 12.6. The van der Waals surface area contributed by atoms with Gasteiger partial charge in [0.15, 0.2) is 5.60 Å². The van der Waals surface area contributed by atoms with Crippen molar-refractivity contribution in [1.29, 1.82) is 0 Å². The van der Waals surface area contributed by atoms with Crippen LogP contribution in [0.1, 0.15) is 25.2 Å². The Morgan fingerprint density at radius 1 is 1.62 bits per heavy atom. The number of aliphatic hydroxyl groups is 1. The van der Waals surface area contributed by atoms with E-state index in [-0.39, 0.29) is 11.9 Å². The highest BCUT2D eigenvalue weighted by Gasteiger charge is 2.44. The van der Waals surface area contributed by atoms with Crippen molar-refractivity contribution < 1.29 is 9.90 Å². The Bertz CT molecular complexity index is 487. The molecule has 6 nitrogen and oxygen atoms in total. The minimum absolute atomic E-state index is 0.0837. The number of nitrogens with one attached hydrogen (secondary N) is 1. The highest BCUT2D eigenvalue weighted by molar-refractivity contribution is 7.99. The minimum Gasteiger partial charge on any atom is -0.379 e. The van der Waals surface area contributed by atoms with Gasteiger partial charge >= 0.3 is 0 Å². The van der Waals surface area contributed by atoms with Crippen LogP contribution in [0, 0.1) is 0 Å². The lowest BCUT2D eigenvalue weighted by atomic mass is 10.00. The molecule has 0 bridgehead atoms. The fourth-order valence-corrected chi connectivity index (χ4v) is 4.35. The normalized spacial score (nSPS) is 30.8. The lowest BCUT2D eigenvalue weighted by Gasteiger charge is -2.42. The number of carbonyl (C=O) groups excluding carboxylic acids is 1. The van der Waals surface area contributed by atoms with E-state index >= 15 is 0 Å². The third-order valence-electron chi connectivity index (χ3n) is 4.42. The zero-order valence-electron chi connectivity index (χ0n) is 12.3. The quantitative estimate of drug-likeness (QED) is 0.850. The molecule has 0 saturated carbocycles. The fraction of sp³-hybridized carbons (Fsp3) is 0.714. The van der Waals surface area contributed by atoms with E-state index in [0.717, 1.165) is 24.7 Å². The molecule has 2 fully saturated rings. The summed E-state index contributed by atoms with van der Waals surface area (Å²) in [5.41, 5.74) is -1.16. The molecular formula is C14H22N4O2S. The number of H-pyrrole nitrogens is 1. The van der Waals surface area contributed by atoms with Crippen molar-refractivity contribution in [1.82, 2.24) is 19.8 Å². The SMILES string of the molecule is CCN1CCN(C(=O)[C@]2(O)CCSC2)C[C@H]1c1ncc[nH]1. The molecule has 7 heteroatoms. The molecule has 2 aliphatic rings. The van der Waals surface area contributed by atoms with Crippen LogP contribution in [0.4, 0.5) is 0 Å². The van der Waals surface area contributed by atoms with E-state index in [4.69, 9.17) is 0 Å². The number of imidazole rings is 1. The number of rotatable bonds is 3. The zero-order chi connectivity index (χ0) is 14.9. The van der Waals surface area contributed by atoms with Crippen molar-refractivity contribution in [3.8, 4) is 0 Å². The number of piperazine rings is 1. The van der Waals surface area contributed by atoms with Crippen LogP contribution in [-0.2, 0) is 4.79 Å². The third kappa shape index (κ3) is 2.82. The Morgan fingerprint density at radius 2 is 2.48 bits per heavy atom. The Hall–Kier alpha value is -1.05. The summed E-state index contributed by atoms with van der Waals surface area (Å²) in [6.07, 6.45) is 4.12. The van der Waals surface area contributed by atoms with Crippen molar-refractivity contribution in [2.75, 3.05) is 37.7 Å². The standard InChI is InChI=1S/C14H22N4O2S/c1-2-17-6-7-18(9-11(17)12-15-4-5-16-12)13(19)14(20)3-8-21-10-14/h4-5,11,20H,2-3,6-10H2,1H3,(H,15,16)/t11-,14-/m0/s1. The van der Waals surface area contributed by atoms with Crippen LogP contribution in [0.2, 0.25) is 0 Å². The first-order valence-electron chi connectivity index (χ1n) is 7.47. The third-order valence-corrected chi connectivity index (χ3v) is 5.59. The van der Waals surface area contributed by atoms with Crippen molar-refractivity contribution in [3.63, 3.8) is 0 Å². The molecule has 3 heterocycles. The molecule has 0 aliphatic carbocycles. The van der Waals surface area contributed by atoms with E-state index in [1.807, 2.05) is 11.1 Å². The molecule has 0 unspecified atom stereocenters. The second-order valence-electron chi connectivity index (χ2n) is 5.70. The lowest BCUT2D eigenvalue weighted by Crippen LogP contribution is -2.56. The summed E-state index contributed by atoms with van der Waals surface area (Å²) >= 11 is 1.65. The molecule has 2 N–H and O–H groups in total. The number of likely N-dealkylation sites (N-methyl/N-ethyl adjacent to an activating group) is 1. The molecule has 0 spiro atoms. The van der Waals surface area contributed by atoms with Gasteiger partial charge in [-0.3, -0.25) is 9.69 Å². The minimum atomic E-state index is -1.16. The van der Waals surface area contributed by atoms with Crippen LogP contribution in [0.3, 0.4) is 0 Å². The summed E-state index contributed by atoms with van der Waals surface area (Å²) in [5, 5.41) is 10.5. The molecule has 116 valence electrons. The summed E-state index contributed by atoms with van der Waals surface area (Å²) in [6.45, 7) is 5.13. The van der Waals surface area contributed by atoms with Crippen molar-refractivity contribution in [2.45, 2.75) is 25.0 Å². The van der Waals surface area contributed by atoms with Crippen LogP contribution >= 0.6 is 11.8 Å². The first-order chi connectivity index (χ1) is 10.1. The van der Waals surface area contributed by atoms with Crippen LogP contribution in [0.25, 0.3) is 0 Å². The topological polar surface area (TPSA) is 72.5 Å². The molecule has 1 aromatic rings. The summed E-state index contributed by atoms with van der Waals surface area (Å²) in [4.78, 5) is 24.3. The molecule has 0 aromatic carbocycles. The molecule has 1 amide bonds. The fourth-order valence-electron chi connectivity index (χ4n) is 3.12. The van der Waals surface area contributed by atoms with Gasteiger partial charge in [-0.25, -0.2) is 4.98 Å². The second-order valence-corrected chi connectivity index (χ2v) is 6.81. The second kappa shape index (κ2) is 5.98. The van der Waals surface area contributed by atoms with Gasteiger partial charge in [-0.15, -0.1) is 0 Å². The maximum atomic E-state index is 12.6. The maximum Gasteiger partial charge on any atom is 0.255 e. The van der Waals surface area contributed by atoms with Gasteiger partial charge in [-0.1, -0.05) is 6.92 Å². The van der Waals surface area contributed by atoms with E-state index in [0.29, 0.717) is 25.3 Å². The van der Waals surface area contributed by atoms with Gasteiger partial charge in [-0.05, 0) is 18.7 Å². The van der Waals surface area contributed by atoms with Crippen molar-refractivity contribution in [2.24, 2.45) is 0 Å². The average molecular weight is 310 g/mol. The number of aromatic nitrogens is 2. The van der Waals surface area contributed by atoms with Gasteiger partial charge < -0.3 is 15.0 Å². The number of aromatic amines is 1. The molecule has 2 aliphatic heterocycles. The van der Waals surface area contributed by atoms with E-state index in [1.165, 1.54) is 0 Å². The van der Waals surface area contributed by atoms with Crippen LogP contribution in [-0.4, -0.2) is 74.1 Å². The number of carbonyl (C=O) groups is 1. The monoisotopic (exact) mass is 310 g/mol.